The number of alkyl halides is 3. The molecule has 0 radical (unpaired) electrons. The monoisotopic (exact) mass is 1210 g/mol. The highest BCUT2D eigenvalue weighted by atomic mass is 32.1. The number of hydrogen-bond donors (Lipinski definition) is 6. The number of β-amino-alcohol motifs (C(OH)–C–C–N with tert-alkyl or cyclic N) is 1. The first-order valence-electron chi connectivity index (χ1n) is 28.8. The predicted octanol–water partition coefficient (Wildman–Crippen LogP) is 6.12. The molecule has 8 rings (SSSR count). The number of carbonyl (C=O) groups excluding carboxylic acids is 6. The fourth-order valence-electron chi connectivity index (χ4n) is 10.9. The van der Waals surface area contributed by atoms with E-state index in [1.165, 1.54) is 29.4 Å². The highest BCUT2D eigenvalue weighted by Gasteiger charge is 2.45. The van der Waals surface area contributed by atoms with Crippen LogP contribution in [0.3, 0.4) is 0 Å². The molecule has 21 nitrogen and oxygen atoms in total. The van der Waals surface area contributed by atoms with Crippen molar-refractivity contribution in [3.63, 3.8) is 0 Å². The lowest BCUT2D eigenvalue weighted by atomic mass is 9.85. The lowest BCUT2D eigenvalue weighted by molar-refractivity contribution is -0.144. The number of aromatic amines is 1. The predicted molar refractivity (Wildman–Crippen MR) is 317 cm³/mol. The van der Waals surface area contributed by atoms with E-state index in [-0.39, 0.29) is 91.1 Å². The lowest BCUT2D eigenvalue weighted by Gasteiger charge is -2.44. The number of aryl methyl sites for hydroxylation is 1. The number of nitrogens with zero attached hydrogens (tertiary/aromatic N) is 8. The Hall–Kier alpha value is -7.84. The van der Waals surface area contributed by atoms with E-state index < -0.39 is 70.0 Å². The summed E-state index contributed by atoms with van der Waals surface area (Å²) in [4.78, 5) is 117. The zero-order valence-corrected chi connectivity index (χ0v) is 50.2. The molecular weight excluding hydrogens is 1140 g/mol. The maximum atomic E-state index is 16.2. The fourth-order valence-corrected chi connectivity index (χ4v) is 11.7. The third-order valence-electron chi connectivity index (χ3n) is 16.1. The van der Waals surface area contributed by atoms with E-state index in [2.05, 4.69) is 46.1 Å². The van der Waals surface area contributed by atoms with Crippen LogP contribution in [0.2, 0.25) is 0 Å². The van der Waals surface area contributed by atoms with Crippen molar-refractivity contribution in [1.29, 1.82) is 0 Å². The molecule has 3 fully saturated rings. The van der Waals surface area contributed by atoms with Gasteiger partial charge in [-0.1, -0.05) is 51.5 Å². The number of H-pyrrole nitrogens is 1. The van der Waals surface area contributed by atoms with Gasteiger partial charge in [0.1, 0.15) is 17.9 Å². The molecule has 3 aliphatic heterocycles. The number of nitrogens with one attached hydrogen (secondary N) is 5. The molecular formula is C60H75F4N13O8S. The van der Waals surface area contributed by atoms with Gasteiger partial charge in [-0.15, -0.1) is 11.3 Å². The van der Waals surface area contributed by atoms with Crippen LogP contribution in [0.1, 0.15) is 107 Å². The Kier molecular flexibility index (Phi) is 20.7. The van der Waals surface area contributed by atoms with E-state index in [1.54, 1.807) is 21.7 Å². The van der Waals surface area contributed by atoms with Crippen molar-refractivity contribution in [3.05, 3.63) is 105 Å². The Morgan fingerprint density at radius 3 is 2.15 bits per heavy atom. The molecule has 3 aliphatic rings. The van der Waals surface area contributed by atoms with Gasteiger partial charge < -0.3 is 51.0 Å². The molecule has 6 N–H and O–H groups in total. The van der Waals surface area contributed by atoms with Gasteiger partial charge in [-0.2, -0.15) is 13.2 Å². The second-order valence-electron chi connectivity index (χ2n) is 23.4. The second-order valence-corrected chi connectivity index (χ2v) is 24.3. The molecule has 0 saturated carbocycles. The zero-order valence-electron chi connectivity index (χ0n) is 49.4. The summed E-state index contributed by atoms with van der Waals surface area (Å²) in [5.74, 6) is -3.23. The third kappa shape index (κ3) is 16.0. The molecule has 6 amide bonds. The summed E-state index contributed by atoms with van der Waals surface area (Å²) in [7, 11) is 1.96. The van der Waals surface area contributed by atoms with Crippen molar-refractivity contribution in [2.45, 2.75) is 129 Å². The minimum atomic E-state index is -5.01. The molecule has 1 unspecified atom stereocenters. The van der Waals surface area contributed by atoms with Gasteiger partial charge in [0.15, 0.2) is 0 Å². The Bertz CT molecular complexity index is 3300. The lowest BCUT2D eigenvalue weighted by Crippen LogP contribution is -2.57. The molecule has 86 heavy (non-hydrogen) atoms. The molecule has 0 bridgehead atoms. The van der Waals surface area contributed by atoms with Gasteiger partial charge >= 0.3 is 6.18 Å². The quantitative estimate of drug-likeness (QED) is 0.0380. The van der Waals surface area contributed by atoms with E-state index in [0.29, 0.717) is 83.3 Å². The van der Waals surface area contributed by atoms with Crippen molar-refractivity contribution in [3.8, 4) is 21.6 Å². The van der Waals surface area contributed by atoms with Gasteiger partial charge in [0.2, 0.25) is 41.0 Å². The zero-order chi connectivity index (χ0) is 62.2. The summed E-state index contributed by atoms with van der Waals surface area (Å²) >= 11 is 1.55. The highest BCUT2D eigenvalue weighted by Crippen LogP contribution is 2.38. The van der Waals surface area contributed by atoms with Crippen LogP contribution in [0.5, 0.6) is 0 Å². The van der Waals surface area contributed by atoms with Crippen LogP contribution in [0.15, 0.2) is 71.4 Å². The average molecular weight is 1210 g/mol. The molecule has 2 aromatic carbocycles. The largest absolute Gasteiger partial charge is 0.417 e. The van der Waals surface area contributed by atoms with Crippen molar-refractivity contribution in [2.75, 3.05) is 74.5 Å². The van der Waals surface area contributed by atoms with E-state index in [4.69, 9.17) is 0 Å². The molecule has 26 heteroatoms. The molecule has 462 valence electrons. The number of halogens is 4. The number of hydrogen-bond acceptors (Lipinski definition) is 15. The van der Waals surface area contributed by atoms with Crippen molar-refractivity contribution in [1.82, 2.24) is 50.6 Å². The van der Waals surface area contributed by atoms with Gasteiger partial charge in [-0.25, -0.2) is 19.3 Å². The Morgan fingerprint density at radius 2 is 1.51 bits per heavy atom. The van der Waals surface area contributed by atoms with Crippen LogP contribution in [0.25, 0.3) is 21.6 Å². The smallest absolute Gasteiger partial charge is 0.391 e. The van der Waals surface area contributed by atoms with Crippen LogP contribution < -0.4 is 36.6 Å². The van der Waals surface area contributed by atoms with Crippen LogP contribution in [0, 0.1) is 18.2 Å². The second kappa shape index (κ2) is 27.7. The maximum Gasteiger partial charge on any atom is 0.417 e. The number of anilines is 3. The van der Waals surface area contributed by atoms with E-state index in [0.717, 1.165) is 21.7 Å². The summed E-state index contributed by atoms with van der Waals surface area (Å²) in [5, 5.41) is 21.8. The topological polar surface area (TPSA) is 258 Å². The summed E-state index contributed by atoms with van der Waals surface area (Å²) in [6.07, 6.45) is -0.614. The number of aliphatic hydroxyl groups excluding tert-OH is 1. The average Bonchev–Trinajstić information content (AvgIpc) is 1.61. The molecule has 5 atom stereocenters. The first kappa shape index (κ1) is 64.2. The number of thiazole rings is 1. The number of carbonyl (C=O) groups is 6. The summed E-state index contributed by atoms with van der Waals surface area (Å²) < 4.78 is 58.2. The maximum absolute atomic E-state index is 16.2. The summed E-state index contributed by atoms with van der Waals surface area (Å²) in [6.45, 7) is 14.1. The Labute approximate surface area is 500 Å². The Balaban J connectivity index is 0.757. The minimum Gasteiger partial charge on any atom is -0.391 e. The normalized spacial score (nSPS) is 18.8. The Morgan fingerprint density at radius 1 is 0.826 bits per heavy atom. The number of piperazine rings is 2. The van der Waals surface area contributed by atoms with Crippen LogP contribution in [-0.4, -0.2) is 165 Å². The summed E-state index contributed by atoms with van der Waals surface area (Å²) in [5.41, 5.74) is 1.12. The number of aromatic nitrogens is 4. The summed E-state index contributed by atoms with van der Waals surface area (Å²) in [6, 6.07) is 8.79. The fraction of sp³-hybridized carbons (Fsp3) is 0.500. The van der Waals surface area contributed by atoms with Gasteiger partial charge in [0.25, 0.3) is 5.91 Å². The SMILES string of the molecule is Cc1ncsc1-c1ccc(CNC(=O)[C@@H]2C[C@@H](O)CN2C(=O)C(NC(=O)CCCCCNC(=O)CCC(=O)N2CCN(c3ncc(-c4cc(NC(=O)c5c[nH]c(=O)cc5C(F)(F)F)c(N5C[C@@H](C)N(C)[C@@H](C)C5)cc4F)cn3)CC2)C(C)(C)C)cc1. The van der Waals surface area contributed by atoms with Crippen molar-refractivity contribution in [2.24, 2.45) is 5.41 Å². The number of rotatable bonds is 20. The molecule has 0 spiro atoms. The van der Waals surface area contributed by atoms with Crippen molar-refractivity contribution >= 4 is 64.1 Å². The van der Waals surface area contributed by atoms with Crippen LogP contribution in [0.4, 0.5) is 34.9 Å². The van der Waals surface area contributed by atoms with Gasteiger partial charge in [-0.05, 0) is 69.3 Å². The van der Waals surface area contributed by atoms with Gasteiger partial charge in [0.05, 0.1) is 44.7 Å². The number of aliphatic hydroxyl groups is 1. The van der Waals surface area contributed by atoms with Crippen molar-refractivity contribution < 1.29 is 51.4 Å². The highest BCUT2D eigenvalue weighted by molar-refractivity contribution is 7.13. The minimum absolute atomic E-state index is 0.00999. The van der Waals surface area contributed by atoms with Gasteiger partial charge in [0, 0.05) is 132 Å². The first-order valence-corrected chi connectivity index (χ1v) is 29.7. The number of benzene rings is 2. The number of unbranched alkanes of at least 4 members (excludes halogenated alkanes) is 2. The first-order chi connectivity index (χ1) is 40.7. The number of pyridine rings is 1. The molecule has 5 aromatic rings. The standard InChI is InChI=1S/C60H75F4N13O8S/c1-35-31-76(32-36(2)73(35)7)47-26-45(61)42(24-46(47)71-55(83)43-30-66-51(81)25-44(43)60(62,63)64)40-28-68-58(69-29-40)75-21-19-74(20-22-75)52(82)17-16-49(79)65-18-10-8-9-11-50(80)72-54(59(4,5)6)57(85)77-33-41(78)23-48(77)56(84)67-27-38-12-14-39(15-13-38)53-37(3)70-34-86-53/h12-15,24-26,28-30,34-36,41,48,54,78H,8-11,16-23,27,31-33H2,1-7H3,(H,65,79)(H,66,81)(H,67,84)(H,71,83)(H,72,80)/t35-,36+,41-,48+,54?/m1/s1. The number of likely N-dealkylation sites (N-methyl/N-ethyl adjacent to an activating group) is 1. The molecule has 0 aliphatic carbocycles. The third-order valence-corrected chi connectivity index (χ3v) is 17.0. The number of amides is 6. The van der Waals surface area contributed by atoms with E-state index in [1.807, 2.05) is 82.7 Å². The number of likely N-dealkylation sites (tertiary alicyclic amines) is 1. The van der Waals surface area contributed by atoms with Gasteiger partial charge in [-0.3, -0.25) is 38.5 Å². The molecule has 6 heterocycles. The van der Waals surface area contributed by atoms with Crippen LogP contribution in [-0.2, 0) is 36.7 Å². The van der Waals surface area contributed by atoms with E-state index in [9.17, 15) is 51.8 Å². The van der Waals surface area contributed by atoms with E-state index >= 15 is 4.39 Å². The van der Waals surface area contributed by atoms with Crippen LogP contribution >= 0.6 is 11.3 Å². The molecule has 3 saturated heterocycles. The molecule has 3 aromatic heterocycles.